The average molecular weight is 535 g/mol. The summed E-state index contributed by atoms with van der Waals surface area (Å²) < 4.78 is 33.0. The molecule has 1 unspecified atom stereocenters. The van der Waals surface area contributed by atoms with Crippen molar-refractivity contribution in [2.45, 2.75) is 42.7 Å². The predicted molar refractivity (Wildman–Crippen MR) is 134 cm³/mol. The second-order valence-corrected chi connectivity index (χ2v) is 11.9. The number of carbonyl (C=O) groups excluding carboxylic acids is 1. The van der Waals surface area contributed by atoms with E-state index in [1.807, 2.05) is 18.7 Å². The smallest absolute Gasteiger partial charge is 0.253 e. The molecule has 1 aliphatic rings. The van der Waals surface area contributed by atoms with Gasteiger partial charge in [-0.25, -0.2) is 18.4 Å². The van der Waals surface area contributed by atoms with E-state index in [0.717, 1.165) is 6.42 Å². The molecular weight excluding hydrogens is 511 g/mol. The summed E-state index contributed by atoms with van der Waals surface area (Å²) in [5, 5.41) is 0.397. The van der Waals surface area contributed by atoms with Crippen LogP contribution in [0.3, 0.4) is 0 Å². The third-order valence-electron chi connectivity index (χ3n) is 5.79. The van der Waals surface area contributed by atoms with Gasteiger partial charge >= 0.3 is 0 Å². The fourth-order valence-corrected chi connectivity index (χ4v) is 6.38. The Labute approximate surface area is 214 Å². The summed E-state index contributed by atoms with van der Waals surface area (Å²) in [5.41, 5.74) is 5.21. The maximum atomic E-state index is 13.7. The molecule has 1 saturated heterocycles. The van der Waals surface area contributed by atoms with Crippen LogP contribution >= 0.6 is 23.2 Å². The van der Waals surface area contributed by atoms with Crippen LogP contribution < -0.4 is 15.4 Å². The summed E-state index contributed by atoms with van der Waals surface area (Å²) in [7, 11) is -4.26. The van der Waals surface area contributed by atoms with Gasteiger partial charge in [-0.05, 0) is 56.5 Å². The second-order valence-electron chi connectivity index (χ2n) is 9.13. The molecule has 1 aromatic carbocycles. The highest BCUT2D eigenvalue weighted by molar-refractivity contribution is 7.91. The number of primary amides is 1. The molecule has 2 aromatic heterocycles. The monoisotopic (exact) mass is 534 g/mol. The predicted octanol–water partition coefficient (Wildman–Crippen LogP) is 5.13. The SMILES string of the molecule is CC1CN(c2nccc(S(=O)(=O)c3cccc(Oc4cc(Cl)cc(Cl)c4)n3)c2C(N)=O)C(C)(C)C1. The van der Waals surface area contributed by atoms with Gasteiger partial charge in [-0.1, -0.05) is 36.2 Å². The van der Waals surface area contributed by atoms with Gasteiger partial charge in [-0.15, -0.1) is 0 Å². The Kier molecular flexibility index (Phi) is 6.70. The van der Waals surface area contributed by atoms with Gasteiger partial charge < -0.3 is 15.4 Å². The van der Waals surface area contributed by atoms with E-state index in [1.165, 1.54) is 42.6 Å². The summed E-state index contributed by atoms with van der Waals surface area (Å²) in [6, 6.07) is 10.1. The van der Waals surface area contributed by atoms with Crippen molar-refractivity contribution in [2.75, 3.05) is 11.4 Å². The normalized spacial score (nSPS) is 17.4. The lowest BCUT2D eigenvalue weighted by atomic mass is 9.97. The molecular formula is C24H24Cl2N4O4S. The van der Waals surface area contributed by atoms with E-state index >= 15 is 0 Å². The zero-order valence-corrected chi connectivity index (χ0v) is 21.7. The number of halogens is 2. The largest absolute Gasteiger partial charge is 0.439 e. The molecule has 1 aliphatic heterocycles. The van der Waals surface area contributed by atoms with Crippen LogP contribution in [-0.4, -0.2) is 36.4 Å². The molecule has 1 amide bonds. The maximum absolute atomic E-state index is 13.7. The van der Waals surface area contributed by atoms with Gasteiger partial charge in [0.1, 0.15) is 17.1 Å². The number of hydrogen-bond acceptors (Lipinski definition) is 7. The second kappa shape index (κ2) is 9.29. The lowest BCUT2D eigenvalue weighted by molar-refractivity contribution is 0.0997. The van der Waals surface area contributed by atoms with E-state index in [9.17, 15) is 13.2 Å². The average Bonchev–Trinajstić information content (AvgIpc) is 3.04. The Morgan fingerprint density at radius 3 is 2.46 bits per heavy atom. The molecule has 0 aliphatic carbocycles. The topological polar surface area (TPSA) is 115 Å². The Morgan fingerprint density at radius 1 is 1.17 bits per heavy atom. The first-order chi connectivity index (χ1) is 16.4. The van der Waals surface area contributed by atoms with Gasteiger partial charge in [-0.2, -0.15) is 0 Å². The van der Waals surface area contributed by atoms with Crippen LogP contribution in [0.4, 0.5) is 5.82 Å². The van der Waals surface area contributed by atoms with Crippen LogP contribution in [0.1, 0.15) is 37.6 Å². The number of anilines is 1. The molecule has 0 spiro atoms. The number of sulfone groups is 1. The number of amides is 1. The number of nitrogens with two attached hydrogens (primary N) is 1. The van der Waals surface area contributed by atoms with Crippen LogP contribution in [0.15, 0.2) is 58.6 Å². The van der Waals surface area contributed by atoms with Crippen molar-refractivity contribution in [3.63, 3.8) is 0 Å². The molecule has 2 N–H and O–H groups in total. The molecule has 184 valence electrons. The van der Waals surface area contributed by atoms with E-state index in [1.54, 1.807) is 6.07 Å². The van der Waals surface area contributed by atoms with Gasteiger partial charge in [0.05, 0.1) is 4.90 Å². The summed E-state index contributed by atoms with van der Waals surface area (Å²) in [4.78, 5) is 22.8. The number of nitrogens with zero attached hydrogens (tertiary/aromatic N) is 3. The van der Waals surface area contributed by atoms with Crippen molar-refractivity contribution >= 4 is 44.8 Å². The zero-order chi connectivity index (χ0) is 25.5. The molecule has 1 fully saturated rings. The molecule has 3 aromatic rings. The molecule has 1 atom stereocenters. The molecule has 0 bridgehead atoms. The summed E-state index contributed by atoms with van der Waals surface area (Å²) in [6.07, 6.45) is 2.22. The molecule has 8 nitrogen and oxygen atoms in total. The Balaban J connectivity index is 1.78. The first-order valence-corrected chi connectivity index (χ1v) is 13.0. The van der Waals surface area contributed by atoms with Crippen LogP contribution in [0.5, 0.6) is 11.6 Å². The molecule has 3 heterocycles. The summed E-state index contributed by atoms with van der Waals surface area (Å²) in [5.74, 6) is -0.00653. The standard InChI is InChI=1S/C24H24Cl2N4O4S/c1-14-12-24(2,3)30(13-14)23-21(22(27)31)18(7-8-28-23)35(32,33)20-6-4-5-19(29-20)34-17-10-15(25)9-16(26)11-17/h4-11,14H,12-13H2,1-3H3,(H2,27,31). The van der Waals surface area contributed by atoms with E-state index in [4.69, 9.17) is 33.7 Å². The van der Waals surface area contributed by atoms with Gasteiger partial charge in [0.15, 0.2) is 5.03 Å². The van der Waals surface area contributed by atoms with Gasteiger partial charge in [-0.3, -0.25) is 4.79 Å². The number of carbonyl (C=O) groups is 1. The van der Waals surface area contributed by atoms with Gasteiger partial charge in [0.25, 0.3) is 5.91 Å². The van der Waals surface area contributed by atoms with Crippen LogP contribution in [0.2, 0.25) is 10.0 Å². The van der Waals surface area contributed by atoms with Crippen molar-refractivity contribution in [3.05, 3.63) is 64.3 Å². The van der Waals surface area contributed by atoms with Crippen molar-refractivity contribution in [2.24, 2.45) is 11.7 Å². The van der Waals surface area contributed by atoms with E-state index in [2.05, 4.69) is 16.9 Å². The van der Waals surface area contributed by atoms with E-state index in [0.29, 0.717) is 28.3 Å². The highest BCUT2D eigenvalue weighted by Gasteiger charge is 2.40. The molecule has 35 heavy (non-hydrogen) atoms. The number of hydrogen-bond donors (Lipinski definition) is 1. The molecule has 11 heteroatoms. The highest BCUT2D eigenvalue weighted by atomic mass is 35.5. The minimum Gasteiger partial charge on any atom is -0.439 e. The zero-order valence-electron chi connectivity index (χ0n) is 19.3. The van der Waals surface area contributed by atoms with Crippen LogP contribution in [0, 0.1) is 5.92 Å². The first kappa shape index (κ1) is 25.2. The molecule has 0 saturated carbocycles. The Hall–Kier alpha value is -2.88. The summed E-state index contributed by atoms with van der Waals surface area (Å²) in [6.45, 7) is 6.76. The molecule has 4 rings (SSSR count). The highest BCUT2D eigenvalue weighted by Crippen LogP contribution is 2.39. The van der Waals surface area contributed by atoms with Crippen LogP contribution in [-0.2, 0) is 9.84 Å². The number of rotatable bonds is 6. The maximum Gasteiger partial charge on any atom is 0.253 e. The quantitative estimate of drug-likeness (QED) is 0.465. The van der Waals surface area contributed by atoms with Crippen molar-refractivity contribution in [3.8, 4) is 11.6 Å². The third kappa shape index (κ3) is 5.07. The van der Waals surface area contributed by atoms with Gasteiger partial charge in [0.2, 0.25) is 15.7 Å². The number of pyridine rings is 2. The number of ether oxygens (including phenoxy) is 1. The fourth-order valence-electron chi connectivity index (χ4n) is 4.48. The molecule has 0 radical (unpaired) electrons. The third-order valence-corrected chi connectivity index (χ3v) is 7.92. The Morgan fingerprint density at radius 2 is 1.86 bits per heavy atom. The van der Waals surface area contributed by atoms with Crippen molar-refractivity contribution < 1.29 is 17.9 Å². The van der Waals surface area contributed by atoms with E-state index < -0.39 is 15.7 Å². The van der Waals surface area contributed by atoms with Crippen LogP contribution in [0.25, 0.3) is 0 Å². The number of aromatic nitrogens is 2. The fraction of sp³-hybridized carbons (Fsp3) is 0.292. The minimum atomic E-state index is -4.26. The number of benzene rings is 1. The minimum absolute atomic E-state index is 0.00816. The van der Waals surface area contributed by atoms with E-state index in [-0.39, 0.29) is 32.7 Å². The lowest BCUT2D eigenvalue weighted by Gasteiger charge is -2.33. The Bertz CT molecular complexity index is 1390. The summed E-state index contributed by atoms with van der Waals surface area (Å²) >= 11 is 12.0. The van der Waals surface area contributed by atoms with Gasteiger partial charge in [0, 0.05) is 34.4 Å². The first-order valence-electron chi connectivity index (χ1n) is 10.8. The van der Waals surface area contributed by atoms with Crippen molar-refractivity contribution in [1.82, 2.24) is 9.97 Å². The van der Waals surface area contributed by atoms with Crippen molar-refractivity contribution in [1.29, 1.82) is 0 Å². The lowest BCUT2D eigenvalue weighted by Crippen LogP contribution is -2.40.